The van der Waals surface area contributed by atoms with E-state index in [1.165, 1.54) is 11.8 Å². The molecular formula is C25H27N3O4S2. The van der Waals surface area contributed by atoms with Gasteiger partial charge in [0, 0.05) is 28.2 Å². The first-order chi connectivity index (χ1) is 16.4. The summed E-state index contributed by atoms with van der Waals surface area (Å²) in [5.41, 5.74) is 3.87. The molecule has 34 heavy (non-hydrogen) atoms. The van der Waals surface area contributed by atoms with Gasteiger partial charge in [0.1, 0.15) is 4.83 Å². The number of fused-ring (bicyclic) bond motifs is 1. The first kappa shape index (κ1) is 24.1. The van der Waals surface area contributed by atoms with E-state index < -0.39 is 5.97 Å². The van der Waals surface area contributed by atoms with E-state index in [1.54, 1.807) is 44.9 Å². The number of benzene rings is 1. The van der Waals surface area contributed by atoms with Gasteiger partial charge in [-0.2, -0.15) is 0 Å². The Morgan fingerprint density at radius 2 is 1.97 bits per heavy atom. The molecule has 0 aliphatic carbocycles. The van der Waals surface area contributed by atoms with Gasteiger partial charge >= 0.3 is 5.97 Å². The number of hydrogen-bond acceptors (Lipinski definition) is 8. The summed E-state index contributed by atoms with van der Waals surface area (Å²) in [7, 11) is 3.20. The second-order valence-corrected chi connectivity index (χ2v) is 10.2. The molecule has 7 nitrogen and oxygen atoms in total. The molecule has 178 valence electrons. The number of rotatable bonds is 8. The fourth-order valence-corrected chi connectivity index (χ4v) is 5.84. The van der Waals surface area contributed by atoms with Crippen LogP contribution in [-0.2, 0) is 4.74 Å². The van der Waals surface area contributed by atoms with Crippen LogP contribution in [-0.4, -0.2) is 41.7 Å². The molecule has 3 aromatic heterocycles. The third-order valence-electron chi connectivity index (χ3n) is 5.64. The molecule has 4 rings (SSSR count). The highest BCUT2D eigenvalue weighted by molar-refractivity contribution is 7.99. The van der Waals surface area contributed by atoms with Gasteiger partial charge in [-0.3, -0.25) is 0 Å². The number of ether oxygens (including phenoxy) is 3. The second-order valence-electron chi connectivity index (χ2n) is 7.66. The lowest BCUT2D eigenvalue weighted by Gasteiger charge is -2.19. The fourth-order valence-electron chi connectivity index (χ4n) is 3.92. The lowest BCUT2D eigenvalue weighted by atomic mass is 9.93. The van der Waals surface area contributed by atoms with Crippen molar-refractivity contribution in [3.05, 3.63) is 52.3 Å². The van der Waals surface area contributed by atoms with E-state index in [-0.39, 0.29) is 11.9 Å². The maximum atomic E-state index is 13.5. The standard InChI is InChI=1S/C25H27N3O4S2/c1-7-32-24(29)21-20(16-8-9-17(30-5)18(12-16)31-6)19-13(2)14(3)33-23(19)28-22(21)15(4)34-25-26-10-11-27-25/h8-12,15H,7H2,1-6H3,(H,26,27). The first-order valence-electron chi connectivity index (χ1n) is 10.9. The van der Waals surface area contributed by atoms with Gasteiger partial charge in [0.25, 0.3) is 0 Å². The fraction of sp³-hybridized carbons (Fsp3) is 0.320. The van der Waals surface area contributed by atoms with E-state index in [9.17, 15) is 4.79 Å². The Morgan fingerprint density at radius 3 is 2.62 bits per heavy atom. The van der Waals surface area contributed by atoms with E-state index >= 15 is 0 Å². The summed E-state index contributed by atoms with van der Waals surface area (Å²) in [6, 6.07) is 5.70. The number of nitrogens with one attached hydrogen (secondary N) is 1. The van der Waals surface area contributed by atoms with Gasteiger partial charge in [0.2, 0.25) is 0 Å². The number of methoxy groups -OCH3 is 2. The molecule has 9 heteroatoms. The molecule has 0 amide bonds. The molecule has 3 heterocycles. The number of pyridine rings is 1. The molecule has 0 saturated carbocycles. The number of nitrogens with zero attached hydrogens (tertiary/aromatic N) is 2. The van der Waals surface area contributed by atoms with Crippen LogP contribution in [0.15, 0.2) is 35.7 Å². The number of carbonyl (C=O) groups excluding carboxylic acids is 1. The third-order valence-corrected chi connectivity index (χ3v) is 7.77. The lowest BCUT2D eigenvalue weighted by Crippen LogP contribution is -2.13. The number of hydrogen-bond donors (Lipinski definition) is 1. The van der Waals surface area contributed by atoms with Gasteiger partial charge in [-0.1, -0.05) is 17.8 Å². The molecule has 1 aromatic carbocycles. The minimum Gasteiger partial charge on any atom is -0.493 e. The predicted molar refractivity (Wildman–Crippen MR) is 136 cm³/mol. The SMILES string of the molecule is CCOC(=O)c1c(C(C)Sc2ncc[nH]2)nc2sc(C)c(C)c2c1-c1ccc(OC)c(OC)c1. The summed E-state index contributed by atoms with van der Waals surface area (Å²) in [6.45, 7) is 8.24. The summed E-state index contributed by atoms with van der Waals surface area (Å²) in [5, 5.41) is 1.56. The molecule has 1 N–H and O–H groups in total. The molecule has 0 spiro atoms. The molecule has 0 radical (unpaired) electrons. The minimum absolute atomic E-state index is 0.156. The van der Waals surface area contributed by atoms with Crippen molar-refractivity contribution in [2.75, 3.05) is 20.8 Å². The van der Waals surface area contributed by atoms with Gasteiger partial charge in [0.05, 0.1) is 37.3 Å². The normalized spacial score (nSPS) is 12.1. The summed E-state index contributed by atoms with van der Waals surface area (Å²) in [4.78, 5) is 27.9. The molecular weight excluding hydrogens is 470 g/mol. The summed E-state index contributed by atoms with van der Waals surface area (Å²) in [5.74, 6) is 0.810. The van der Waals surface area contributed by atoms with Crippen molar-refractivity contribution >= 4 is 39.3 Å². The Hall–Kier alpha value is -3.04. The zero-order chi connectivity index (χ0) is 24.4. The van der Waals surface area contributed by atoms with Gasteiger partial charge in [-0.05, 0) is 51.0 Å². The average molecular weight is 498 g/mol. The van der Waals surface area contributed by atoms with E-state index in [0.717, 1.165) is 36.9 Å². The largest absolute Gasteiger partial charge is 0.493 e. The number of thioether (sulfide) groups is 1. The zero-order valence-electron chi connectivity index (χ0n) is 20.0. The lowest BCUT2D eigenvalue weighted by molar-refractivity contribution is 0.0525. The van der Waals surface area contributed by atoms with E-state index in [0.29, 0.717) is 22.8 Å². The van der Waals surface area contributed by atoms with E-state index in [2.05, 4.69) is 23.8 Å². The molecule has 0 fully saturated rings. The van der Waals surface area contributed by atoms with Crippen molar-refractivity contribution in [1.29, 1.82) is 0 Å². The van der Waals surface area contributed by atoms with Crippen molar-refractivity contribution in [3.63, 3.8) is 0 Å². The maximum Gasteiger partial charge on any atom is 0.340 e. The number of carbonyl (C=O) groups is 1. The summed E-state index contributed by atoms with van der Waals surface area (Å²) in [6.07, 6.45) is 3.48. The number of H-pyrrole nitrogens is 1. The number of imidazole rings is 1. The first-order valence-corrected chi connectivity index (χ1v) is 12.6. The summed E-state index contributed by atoms with van der Waals surface area (Å²) < 4.78 is 16.6. The number of esters is 1. The van der Waals surface area contributed by atoms with Crippen molar-refractivity contribution in [1.82, 2.24) is 15.0 Å². The molecule has 4 aromatic rings. The minimum atomic E-state index is -0.396. The third kappa shape index (κ3) is 4.37. The van der Waals surface area contributed by atoms with E-state index in [1.807, 2.05) is 25.1 Å². The predicted octanol–water partition coefficient (Wildman–Crippen LogP) is 6.35. The van der Waals surface area contributed by atoms with Gasteiger partial charge in [0.15, 0.2) is 16.7 Å². The molecule has 1 atom stereocenters. The number of thiophene rings is 1. The van der Waals surface area contributed by atoms with Crippen LogP contribution in [0.5, 0.6) is 11.5 Å². The number of aromatic amines is 1. The number of aryl methyl sites for hydroxylation is 2. The molecule has 1 unspecified atom stereocenters. The van der Waals surface area contributed by atoms with Crippen LogP contribution in [0.2, 0.25) is 0 Å². The van der Waals surface area contributed by atoms with Crippen LogP contribution in [0.25, 0.3) is 21.3 Å². The Bertz CT molecular complexity index is 1330. The van der Waals surface area contributed by atoms with E-state index in [4.69, 9.17) is 19.2 Å². The Kier molecular flexibility index (Phi) is 7.13. The molecule has 0 bridgehead atoms. The topological polar surface area (TPSA) is 86.3 Å². The van der Waals surface area contributed by atoms with Crippen molar-refractivity contribution in [3.8, 4) is 22.6 Å². The molecule has 0 saturated heterocycles. The highest BCUT2D eigenvalue weighted by Gasteiger charge is 2.29. The highest BCUT2D eigenvalue weighted by atomic mass is 32.2. The van der Waals surface area contributed by atoms with Crippen LogP contribution in [0.3, 0.4) is 0 Å². The smallest absolute Gasteiger partial charge is 0.340 e. The average Bonchev–Trinajstić information content (AvgIpc) is 3.45. The van der Waals surface area contributed by atoms with Crippen molar-refractivity contribution in [2.45, 2.75) is 38.1 Å². The zero-order valence-corrected chi connectivity index (χ0v) is 21.6. The maximum absolute atomic E-state index is 13.5. The van der Waals surface area contributed by atoms with Crippen molar-refractivity contribution in [2.24, 2.45) is 0 Å². The van der Waals surface area contributed by atoms with Gasteiger partial charge in [-0.25, -0.2) is 14.8 Å². The highest BCUT2D eigenvalue weighted by Crippen LogP contribution is 2.45. The monoisotopic (exact) mass is 497 g/mol. The van der Waals surface area contributed by atoms with Crippen molar-refractivity contribution < 1.29 is 19.0 Å². The summed E-state index contributed by atoms with van der Waals surface area (Å²) >= 11 is 3.14. The van der Waals surface area contributed by atoms with Crippen LogP contribution in [0.4, 0.5) is 0 Å². The van der Waals surface area contributed by atoms with Crippen LogP contribution in [0.1, 0.15) is 45.6 Å². The molecule has 0 aliphatic rings. The van der Waals surface area contributed by atoms with Gasteiger partial charge in [-0.15, -0.1) is 11.3 Å². The number of aromatic nitrogens is 3. The Balaban J connectivity index is 2.05. The van der Waals surface area contributed by atoms with Crippen LogP contribution in [0, 0.1) is 13.8 Å². The van der Waals surface area contributed by atoms with Gasteiger partial charge < -0.3 is 19.2 Å². The van der Waals surface area contributed by atoms with Crippen LogP contribution >= 0.6 is 23.1 Å². The Morgan fingerprint density at radius 1 is 1.21 bits per heavy atom. The Labute approximate surface area is 206 Å². The second kappa shape index (κ2) is 10.1. The van der Waals surface area contributed by atoms with Crippen LogP contribution < -0.4 is 9.47 Å². The molecule has 0 aliphatic heterocycles. The quantitative estimate of drug-likeness (QED) is 0.224.